The summed E-state index contributed by atoms with van der Waals surface area (Å²) in [7, 11) is 0. The van der Waals surface area contributed by atoms with Gasteiger partial charge in [0.25, 0.3) is 0 Å². The molecule has 4 aliphatic rings. The molecule has 5 N–H and O–H groups in total. The molecule has 0 heterocycles. The van der Waals surface area contributed by atoms with E-state index in [2.05, 4.69) is 12.8 Å². The van der Waals surface area contributed by atoms with Crippen LogP contribution in [0.15, 0.2) is 11.6 Å². The third-order valence-corrected chi connectivity index (χ3v) is 8.57. The fourth-order valence-electron chi connectivity index (χ4n) is 7.08. The molecule has 0 amide bonds. The zero-order chi connectivity index (χ0) is 18.9. The Balaban J connectivity index is 1.78. The van der Waals surface area contributed by atoms with Crippen molar-refractivity contribution in [1.82, 2.24) is 0 Å². The number of aliphatic hydroxyl groups is 5. The van der Waals surface area contributed by atoms with E-state index in [0.29, 0.717) is 25.7 Å². The summed E-state index contributed by atoms with van der Waals surface area (Å²) in [5, 5.41) is 52.8. The van der Waals surface area contributed by atoms with Gasteiger partial charge in [0.2, 0.25) is 0 Å². The molecule has 144 valence electrons. The molecule has 4 rings (SSSR count). The van der Waals surface area contributed by atoms with E-state index < -0.39 is 29.3 Å². The Hall–Kier alpha value is -0.900. The van der Waals surface area contributed by atoms with Crippen LogP contribution in [0.2, 0.25) is 0 Å². The van der Waals surface area contributed by atoms with E-state index >= 15 is 0 Å². The molecule has 0 aromatic rings. The highest BCUT2D eigenvalue weighted by molar-refractivity contribution is 5.33. The first kappa shape index (κ1) is 18.5. The van der Waals surface area contributed by atoms with Gasteiger partial charge in [-0.05, 0) is 67.3 Å². The summed E-state index contributed by atoms with van der Waals surface area (Å²) in [6.07, 6.45) is 8.70. The molecule has 0 unspecified atom stereocenters. The first-order valence-corrected chi connectivity index (χ1v) is 9.81. The molecular formula is C21H30O5. The zero-order valence-corrected chi connectivity index (χ0v) is 15.3. The molecule has 5 nitrogen and oxygen atoms in total. The Morgan fingerprint density at radius 3 is 2.46 bits per heavy atom. The van der Waals surface area contributed by atoms with Gasteiger partial charge in [0.1, 0.15) is 11.7 Å². The van der Waals surface area contributed by atoms with Gasteiger partial charge in [0, 0.05) is 5.41 Å². The molecule has 5 heteroatoms. The van der Waals surface area contributed by atoms with Gasteiger partial charge < -0.3 is 25.5 Å². The van der Waals surface area contributed by atoms with Gasteiger partial charge in [-0.3, -0.25) is 0 Å². The van der Waals surface area contributed by atoms with Gasteiger partial charge in [-0.2, -0.15) is 0 Å². The standard InChI is InChI=1S/C21H30O5/c1-3-21(26)9-5-13-17-12(4-8-20(13,21)11-22)19(2)7-6-15(23)18(25)14(19)10-16(17)24/h1,10,12-13,15-18,22-26H,4-9,11H2,2H3/t12-,13-,15-,16-,17+,18+,19+,20+,21-/m0/s1. The molecular weight excluding hydrogens is 332 g/mol. The molecule has 26 heavy (non-hydrogen) atoms. The van der Waals surface area contributed by atoms with Crippen LogP contribution in [0, 0.1) is 40.9 Å². The molecule has 0 aromatic heterocycles. The smallest absolute Gasteiger partial charge is 0.133 e. The van der Waals surface area contributed by atoms with Gasteiger partial charge >= 0.3 is 0 Å². The van der Waals surface area contributed by atoms with Crippen LogP contribution >= 0.6 is 0 Å². The van der Waals surface area contributed by atoms with Crippen molar-refractivity contribution in [1.29, 1.82) is 0 Å². The van der Waals surface area contributed by atoms with Crippen LogP contribution in [0.25, 0.3) is 0 Å². The van der Waals surface area contributed by atoms with Crippen LogP contribution in [0.1, 0.15) is 45.4 Å². The molecule has 0 saturated heterocycles. The van der Waals surface area contributed by atoms with E-state index in [9.17, 15) is 25.5 Å². The summed E-state index contributed by atoms with van der Waals surface area (Å²) < 4.78 is 0. The van der Waals surface area contributed by atoms with E-state index in [1.165, 1.54) is 0 Å². The summed E-state index contributed by atoms with van der Waals surface area (Å²) in [5.41, 5.74) is -1.62. The van der Waals surface area contributed by atoms with E-state index in [1.807, 2.05) is 0 Å². The van der Waals surface area contributed by atoms with Crippen molar-refractivity contribution < 1.29 is 25.5 Å². The first-order valence-electron chi connectivity index (χ1n) is 9.81. The van der Waals surface area contributed by atoms with E-state index in [4.69, 9.17) is 6.42 Å². The predicted octanol–water partition coefficient (Wildman–Crippen LogP) is 0.588. The second-order valence-corrected chi connectivity index (χ2v) is 9.27. The number of aliphatic hydroxyl groups excluding tert-OH is 4. The van der Waals surface area contributed by atoms with Gasteiger partial charge in [-0.1, -0.05) is 18.9 Å². The van der Waals surface area contributed by atoms with Crippen molar-refractivity contribution in [3.05, 3.63) is 11.6 Å². The average Bonchev–Trinajstić information content (AvgIpc) is 2.94. The lowest BCUT2D eigenvalue weighted by atomic mass is 9.46. The highest BCUT2D eigenvalue weighted by Crippen LogP contribution is 2.67. The maximum Gasteiger partial charge on any atom is 0.133 e. The Morgan fingerprint density at radius 1 is 1.12 bits per heavy atom. The lowest BCUT2D eigenvalue weighted by Crippen LogP contribution is -2.61. The van der Waals surface area contributed by atoms with E-state index in [-0.39, 0.29) is 29.8 Å². The topological polar surface area (TPSA) is 101 Å². The second-order valence-electron chi connectivity index (χ2n) is 9.27. The second kappa shape index (κ2) is 5.80. The van der Waals surface area contributed by atoms with Crippen LogP contribution in [0.3, 0.4) is 0 Å². The highest BCUT2D eigenvalue weighted by atomic mass is 16.3. The van der Waals surface area contributed by atoms with Gasteiger partial charge in [-0.15, -0.1) is 6.42 Å². The third-order valence-electron chi connectivity index (χ3n) is 8.57. The Labute approximate surface area is 154 Å². The molecule has 3 saturated carbocycles. The molecule has 0 aliphatic heterocycles. The van der Waals surface area contributed by atoms with Crippen molar-refractivity contribution in [3.8, 4) is 12.3 Å². The SMILES string of the molecule is C#C[C@]1(O)CC[C@H]2[C@@H]3[C@@H](O)C=C4[C@@H](O)[C@@H](O)CC[C@]4(C)[C@H]3CC[C@@]21CO. The van der Waals surface area contributed by atoms with Crippen LogP contribution in [0.5, 0.6) is 0 Å². The number of rotatable bonds is 1. The summed E-state index contributed by atoms with van der Waals surface area (Å²) >= 11 is 0. The quantitative estimate of drug-likeness (QED) is 0.347. The fourth-order valence-corrected chi connectivity index (χ4v) is 7.08. The molecule has 0 spiro atoms. The summed E-state index contributed by atoms with van der Waals surface area (Å²) in [6, 6.07) is 0. The minimum atomic E-state index is -1.33. The largest absolute Gasteiger partial charge is 0.396 e. The van der Waals surface area contributed by atoms with Crippen molar-refractivity contribution in [2.45, 2.75) is 69.4 Å². The van der Waals surface area contributed by atoms with Crippen molar-refractivity contribution in [2.75, 3.05) is 6.61 Å². The fraction of sp³-hybridized carbons (Fsp3) is 0.810. The number of hydrogen-bond acceptors (Lipinski definition) is 5. The average molecular weight is 362 g/mol. The maximum atomic E-state index is 11.0. The molecule has 0 radical (unpaired) electrons. The number of terminal acetylenes is 1. The van der Waals surface area contributed by atoms with Gasteiger partial charge in [0.05, 0.1) is 18.8 Å². The molecule has 0 bridgehead atoms. The highest BCUT2D eigenvalue weighted by Gasteiger charge is 2.67. The predicted molar refractivity (Wildman–Crippen MR) is 95.7 cm³/mol. The van der Waals surface area contributed by atoms with Crippen LogP contribution < -0.4 is 0 Å². The van der Waals surface area contributed by atoms with Crippen molar-refractivity contribution in [2.24, 2.45) is 28.6 Å². The lowest BCUT2D eigenvalue weighted by Gasteiger charge is -2.60. The molecule has 0 aromatic carbocycles. The van der Waals surface area contributed by atoms with Gasteiger partial charge in [-0.25, -0.2) is 0 Å². The Bertz CT molecular complexity index is 668. The normalized spacial score (nSPS) is 56.0. The molecule has 4 aliphatic carbocycles. The summed E-state index contributed by atoms with van der Waals surface area (Å²) in [4.78, 5) is 0. The van der Waals surface area contributed by atoms with E-state index in [0.717, 1.165) is 18.4 Å². The Kier molecular flexibility index (Phi) is 4.12. The summed E-state index contributed by atoms with van der Waals surface area (Å²) in [6.45, 7) is 1.95. The van der Waals surface area contributed by atoms with Crippen LogP contribution in [-0.4, -0.2) is 56.1 Å². The zero-order valence-electron chi connectivity index (χ0n) is 15.3. The van der Waals surface area contributed by atoms with Gasteiger partial charge in [0.15, 0.2) is 0 Å². The minimum absolute atomic E-state index is 0.0547. The lowest BCUT2D eigenvalue weighted by molar-refractivity contribution is -0.154. The first-order chi connectivity index (χ1) is 12.2. The van der Waals surface area contributed by atoms with Crippen molar-refractivity contribution >= 4 is 0 Å². The third kappa shape index (κ3) is 2.05. The molecule has 3 fully saturated rings. The van der Waals surface area contributed by atoms with Crippen LogP contribution in [-0.2, 0) is 0 Å². The minimum Gasteiger partial charge on any atom is -0.396 e. The van der Waals surface area contributed by atoms with Crippen molar-refractivity contribution in [3.63, 3.8) is 0 Å². The number of hydrogen-bond donors (Lipinski definition) is 5. The summed E-state index contributed by atoms with van der Waals surface area (Å²) in [5.74, 6) is 2.53. The van der Waals surface area contributed by atoms with Crippen LogP contribution in [0.4, 0.5) is 0 Å². The monoisotopic (exact) mass is 362 g/mol. The molecule has 9 atom stereocenters. The maximum absolute atomic E-state index is 11.0. The number of fused-ring (bicyclic) bond motifs is 5. The Morgan fingerprint density at radius 2 is 1.81 bits per heavy atom. The van der Waals surface area contributed by atoms with E-state index in [1.54, 1.807) is 6.08 Å².